The van der Waals surface area contributed by atoms with Gasteiger partial charge in [0.15, 0.2) is 0 Å². The average molecular weight is 198 g/mol. The van der Waals surface area contributed by atoms with Crippen molar-refractivity contribution in [1.82, 2.24) is 0 Å². The van der Waals surface area contributed by atoms with E-state index in [0.717, 1.165) is 4.90 Å². The summed E-state index contributed by atoms with van der Waals surface area (Å²) in [7, 11) is 0.111. The molecule has 1 rings (SSSR count). The van der Waals surface area contributed by atoms with Gasteiger partial charge in [-0.1, -0.05) is 12.1 Å². The fourth-order valence-corrected chi connectivity index (χ4v) is 1.88. The van der Waals surface area contributed by atoms with Crippen molar-refractivity contribution in [3.05, 3.63) is 18.2 Å². The zero-order valence-electron chi connectivity index (χ0n) is 7.52. The van der Waals surface area contributed by atoms with E-state index in [2.05, 4.69) is 0 Å². The van der Waals surface area contributed by atoms with E-state index < -0.39 is 7.12 Å². The molecule has 0 radical (unpaired) electrons. The molecule has 0 saturated heterocycles. The molecule has 0 aliphatic carbocycles. The minimum Gasteiger partial charge on any atom is -0.496 e. The number of rotatable bonds is 3. The molecule has 0 spiro atoms. The summed E-state index contributed by atoms with van der Waals surface area (Å²) in [6.07, 6.45) is 1.86. The van der Waals surface area contributed by atoms with E-state index in [4.69, 9.17) is 14.8 Å². The highest BCUT2D eigenvalue weighted by Crippen LogP contribution is 2.24. The fourth-order valence-electron chi connectivity index (χ4n) is 1.12. The Labute approximate surface area is 81.9 Å². The van der Waals surface area contributed by atoms with Gasteiger partial charge < -0.3 is 14.8 Å². The van der Waals surface area contributed by atoms with E-state index in [-0.39, 0.29) is 0 Å². The summed E-state index contributed by atoms with van der Waals surface area (Å²) in [6.45, 7) is 0. The number of benzene rings is 1. The second kappa shape index (κ2) is 4.55. The largest absolute Gasteiger partial charge is 0.496 e. The maximum Gasteiger partial charge on any atom is 0.489 e. The van der Waals surface area contributed by atoms with Gasteiger partial charge in [-0.3, -0.25) is 0 Å². The molecule has 0 aromatic heterocycles. The lowest BCUT2D eigenvalue weighted by atomic mass is 9.80. The predicted octanol–water partition coefficient (Wildman–Crippen LogP) is 0.0969. The lowest BCUT2D eigenvalue weighted by Gasteiger charge is -2.10. The van der Waals surface area contributed by atoms with Crippen molar-refractivity contribution >= 4 is 24.3 Å². The normalized spacial score (nSPS) is 9.85. The molecule has 0 unspecified atom stereocenters. The highest BCUT2D eigenvalue weighted by atomic mass is 32.2. The molecular weight excluding hydrogens is 187 g/mol. The van der Waals surface area contributed by atoms with Gasteiger partial charge in [-0.2, -0.15) is 0 Å². The number of hydrogen-bond acceptors (Lipinski definition) is 4. The maximum absolute atomic E-state index is 9.04. The van der Waals surface area contributed by atoms with Crippen molar-refractivity contribution < 1.29 is 14.8 Å². The van der Waals surface area contributed by atoms with Crippen LogP contribution < -0.4 is 10.2 Å². The van der Waals surface area contributed by atoms with Gasteiger partial charge in [0.1, 0.15) is 5.75 Å². The number of ether oxygens (including phenoxy) is 1. The van der Waals surface area contributed by atoms with Gasteiger partial charge in [-0.15, -0.1) is 11.8 Å². The van der Waals surface area contributed by atoms with Gasteiger partial charge >= 0.3 is 7.12 Å². The van der Waals surface area contributed by atoms with E-state index in [1.807, 2.05) is 6.26 Å². The second-order valence-electron chi connectivity index (χ2n) is 2.46. The van der Waals surface area contributed by atoms with Gasteiger partial charge in [0, 0.05) is 4.90 Å². The van der Waals surface area contributed by atoms with Gasteiger partial charge in [-0.05, 0) is 17.8 Å². The zero-order valence-corrected chi connectivity index (χ0v) is 8.34. The third kappa shape index (κ3) is 2.18. The van der Waals surface area contributed by atoms with E-state index in [1.165, 1.54) is 11.8 Å². The van der Waals surface area contributed by atoms with Crippen LogP contribution in [0.25, 0.3) is 0 Å². The molecular formula is C8H11BO3S. The SMILES string of the molecule is COc1cccc(B(O)O)c1SC. The van der Waals surface area contributed by atoms with Crippen LogP contribution in [0.15, 0.2) is 23.1 Å². The maximum atomic E-state index is 9.04. The summed E-state index contributed by atoms with van der Waals surface area (Å²) in [4.78, 5) is 0.764. The molecule has 0 bridgehead atoms. The topological polar surface area (TPSA) is 49.7 Å². The molecule has 0 atom stereocenters. The van der Waals surface area contributed by atoms with Crippen LogP contribution in [0.3, 0.4) is 0 Å². The highest BCUT2D eigenvalue weighted by molar-refractivity contribution is 7.99. The van der Waals surface area contributed by atoms with Gasteiger partial charge in [-0.25, -0.2) is 0 Å². The van der Waals surface area contributed by atoms with Crippen LogP contribution in [-0.2, 0) is 0 Å². The Morgan fingerprint density at radius 2 is 2.08 bits per heavy atom. The smallest absolute Gasteiger partial charge is 0.489 e. The molecule has 1 aromatic carbocycles. The fraction of sp³-hybridized carbons (Fsp3) is 0.250. The Morgan fingerprint density at radius 1 is 1.38 bits per heavy atom. The third-order valence-corrected chi connectivity index (χ3v) is 2.56. The van der Waals surface area contributed by atoms with Gasteiger partial charge in [0.25, 0.3) is 0 Å². The Morgan fingerprint density at radius 3 is 2.54 bits per heavy atom. The summed E-state index contributed by atoms with van der Waals surface area (Å²) in [6, 6.07) is 5.18. The van der Waals surface area contributed by atoms with Crippen molar-refractivity contribution in [3.8, 4) is 5.75 Å². The van der Waals surface area contributed by atoms with Crippen LogP contribution in [0.5, 0.6) is 5.75 Å². The predicted molar refractivity (Wildman–Crippen MR) is 54.6 cm³/mol. The molecule has 0 aliphatic rings. The summed E-state index contributed by atoms with van der Waals surface area (Å²) >= 11 is 1.43. The Kier molecular flexibility index (Phi) is 3.65. The van der Waals surface area contributed by atoms with Crippen LogP contribution in [0, 0.1) is 0 Å². The Bertz CT molecular complexity index is 291. The first kappa shape index (κ1) is 10.4. The number of thioether (sulfide) groups is 1. The van der Waals surface area contributed by atoms with E-state index in [1.54, 1.807) is 25.3 Å². The number of hydrogen-bond donors (Lipinski definition) is 2. The summed E-state index contributed by atoms with van der Waals surface area (Å²) in [5.74, 6) is 0.665. The van der Waals surface area contributed by atoms with Crippen LogP contribution in [0.1, 0.15) is 0 Å². The second-order valence-corrected chi connectivity index (χ2v) is 3.27. The first-order valence-electron chi connectivity index (χ1n) is 3.77. The first-order chi connectivity index (χ1) is 6.20. The minimum absolute atomic E-state index is 0.479. The van der Waals surface area contributed by atoms with Crippen molar-refractivity contribution in [2.75, 3.05) is 13.4 Å². The van der Waals surface area contributed by atoms with Crippen LogP contribution >= 0.6 is 11.8 Å². The van der Waals surface area contributed by atoms with Crippen LogP contribution in [0.2, 0.25) is 0 Å². The van der Waals surface area contributed by atoms with Crippen molar-refractivity contribution in [2.24, 2.45) is 0 Å². The minimum atomic E-state index is -1.45. The molecule has 0 heterocycles. The van der Waals surface area contributed by atoms with Gasteiger partial charge in [0.2, 0.25) is 0 Å². The highest BCUT2D eigenvalue weighted by Gasteiger charge is 2.17. The average Bonchev–Trinajstić information content (AvgIpc) is 2.16. The Balaban J connectivity index is 3.19. The quantitative estimate of drug-likeness (QED) is 0.534. The third-order valence-electron chi connectivity index (χ3n) is 1.71. The van der Waals surface area contributed by atoms with E-state index >= 15 is 0 Å². The molecule has 1 aromatic rings. The molecule has 3 nitrogen and oxygen atoms in total. The molecule has 70 valence electrons. The van der Waals surface area contributed by atoms with Gasteiger partial charge in [0.05, 0.1) is 7.11 Å². The molecule has 2 N–H and O–H groups in total. The molecule has 13 heavy (non-hydrogen) atoms. The van der Waals surface area contributed by atoms with E-state index in [9.17, 15) is 0 Å². The lowest BCUT2D eigenvalue weighted by molar-refractivity contribution is 0.402. The van der Waals surface area contributed by atoms with Crippen molar-refractivity contribution in [2.45, 2.75) is 4.90 Å². The number of methoxy groups -OCH3 is 1. The zero-order chi connectivity index (χ0) is 9.84. The summed E-state index contributed by atoms with van der Waals surface area (Å²) in [5.41, 5.74) is 0.479. The summed E-state index contributed by atoms with van der Waals surface area (Å²) < 4.78 is 5.08. The molecule has 0 fully saturated rings. The molecule has 5 heteroatoms. The van der Waals surface area contributed by atoms with E-state index in [0.29, 0.717) is 11.2 Å². The van der Waals surface area contributed by atoms with Crippen molar-refractivity contribution in [1.29, 1.82) is 0 Å². The Hall–Kier alpha value is -0.645. The van der Waals surface area contributed by atoms with Crippen LogP contribution in [-0.4, -0.2) is 30.5 Å². The molecule has 0 aliphatic heterocycles. The van der Waals surface area contributed by atoms with Crippen molar-refractivity contribution in [3.63, 3.8) is 0 Å². The molecule has 0 saturated carbocycles. The van der Waals surface area contributed by atoms with Crippen LogP contribution in [0.4, 0.5) is 0 Å². The standard InChI is InChI=1S/C8H11BO3S/c1-12-7-5-3-4-6(9(10)11)8(7)13-2/h3-5,10-11H,1-2H3. The summed E-state index contributed by atoms with van der Waals surface area (Å²) in [5, 5.41) is 18.1. The molecule has 0 amide bonds. The first-order valence-corrected chi connectivity index (χ1v) is 5.00. The monoisotopic (exact) mass is 198 g/mol. The lowest BCUT2D eigenvalue weighted by Crippen LogP contribution is -2.31.